The highest BCUT2D eigenvalue weighted by atomic mass is 28.2. The van der Waals surface area contributed by atoms with Crippen molar-refractivity contribution in [3.8, 4) is 11.3 Å². The van der Waals surface area contributed by atoms with Gasteiger partial charge in [0.1, 0.15) is 9.52 Å². The zero-order valence-corrected chi connectivity index (χ0v) is 26.9. The molecule has 0 saturated heterocycles. The van der Waals surface area contributed by atoms with E-state index in [0.29, 0.717) is 35.2 Å². The van der Waals surface area contributed by atoms with Gasteiger partial charge < -0.3 is 15.7 Å². The first-order chi connectivity index (χ1) is 22.9. The van der Waals surface area contributed by atoms with Gasteiger partial charge >= 0.3 is 0 Å². The number of fused-ring (bicyclic) bond motifs is 3. The molecule has 2 amide bonds. The Kier molecular flexibility index (Phi) is 8.18. The van der Waals surface area contributed by atoms with Gasteiger partial charge in [0.15, 0.2) is 5.65 Å². The SMILES string of the molecule is CC(C)c1cnn2c(NCc3ccccc3-c3ccc4ccccc4n3)nc(NC[C@H](O)[Si]CN3C(=O)c4ccccc4C3=O)nc12. The number of rotatable bonds is 11. The fourth-order valence-corrected chi connectivity index (χ4v) is 6.58. The number of imide groups is 1. The molecule has 0 unspecified atom stereocenters. The lowest BCUT2D eigenvalue weighted by Gasteiger charge is -2.17. The minimum Gasteiger partial charge on any atom is -0.395 e. The quantitative estimate of drug-likeness (QED) is 0.135. The van der Waals surface area contributed by atoms with Gasteiger partial charge in [-0.1, -0.05) is 74.5 Å². The fourth-order valence-electron chi connectivity index (χ4n) is 5.65. The molecular formula is C35H32N8O3Si. The number of benzene rings is 3. The second-order valence-electron chi connectivity index (χ2n) is 11.6. The van der Waals surface area contributed by atoms with Crippen molar-refractivity contribution in [2.24, 2.45) is 0 Å². The van der Waals surface area contributed by atoms with Gasteiger partial charge in [0.05, 0.1) is 34.3 Å². The molecule has 1 aliphatic heterocycles. The zero-order chi connectivity index (χ0) is 32.5. The van der Waals surface area contributed by atoms with Gasteiger partial charge in [-0.15, -0.1) is 0 Å². The molecule has 0 aliphatic carbocycles. The molecule has 11 nitrogen and oxygen atoms in total. The molecule has 3 aromatic carbocycles. The van der Waals surface area contributed by atoms with Crippen LogP contribution in [-0.4, -0.2) is 74.3 Å². The largest absolute Gasteiger partial charge is 0.395 e. The molecule has 1 aliphatic rings. The molecule has 7 rings (SSSR count). The number of pyridine rings is 1. The molecule has 234 valence electrons. The first kappa shape index (κ1) is 30.2. The molecule has 0 fully saturated rings. The van der Waals surface area contributed by atoms with Crippen LogP contribution in [0.1, 0.15) is 51.6 Å². The van der Waals surface area contributed by atoms with E-state index in [-0.39, 0.29) is 40.0 Å². The minimum absolute atomic E-state index is 0.0880. The van der Waals surface area contributed by atoms with E-state index < -0.39 is 5.73 Å². The summed E-state index contributed by atoms with van der Waals surface area (Å²) in [5.74, 6) is 0.338. The van der Waals surface area contributed by atoms with E-state index in [2.05, 4.69) is 53.8 Å². The number of amides is 2. The maximum Gasteiger partial charge on any atom is 0.261 e. The topological polar surface area (TPSA) is 138 Å². The summed E-state index contributed by atoms with van der Waals surface area (Å²) < 4.78 is 1.69. The van der Waals surface area contributed by atoms with Crippen LogP contribution in [0.5, 0.6) is 0 Å². The molecule has 0 saturated carbocycles. The van der Waals surface area contributed by atoms with Crippen molar-refractivity contribution in [1.82, 2.24) is 29.5 Å². The van der Waals surface area contributed by atoms with Crippen molar-refractivity contribution in [3.63, 3.8) is 0 Å². The maximum atomic E-state index is 12.7. The number of nitrogens with zero attached hydrogens (tertiary/aromatic N) is 6. The number of para-hydroxylation sites is 1. The number of anilines is 2. The minimum atomic E-state index is -0.827. The van der Waals surface area contributed by atoms with E-state index in [1.807, 2.05) is 36.4 Å². The lowest BCUT2D eigenvalue weighted by atomic mass is 10.0. The second-order valence-corrected chi connectivity index (χ2v) is 13.0. The average molecular weight is 641 g/mol. The van der Waals surface area contributed by atoms with Crippen LogP contribution in [0.3, 0.4) is 0 Å². The first-order valence-corrected chi connectivity index (χ1v) is 16.7. The number of aliphatic hydroxyl groups excluding tert-OH is 1. The Morgan fingerprint density at radius 2 is 1.51 bits per heavy atom. The van der Waals surface area contributed by atoms with Gasteiger partial charge in [-0.25, -0.2) is 4.98 Å². The predicted molar refractivity (Wildman–Crippen MR) is 181 cm³/mol. The van der Waals surface area contributed by atoms with Crippen molar-refractivity contribution < 1.29 is 14.7 Å². The highest BCUT2D eigenvalue weighted by Crippen LogP contribution is 2.27. The van der Waals surface area contributed by atoms with Crippen LogP contribution in [-0.2, 0) is 6.54 Å². The van der Waals surface area contributed by atoms with Crippen LogP contribution in [0.4, 0.5) is 11.9 Å². The molecule has 2 radical (unpaired) electrons. The van der Waals surface area contributed by atoms with Gasteiger partial charge in [-0.2, -0.15) is 19.6 Å². The smallest absolute Gasteiger partial charge is 0.261 e. The molecule has 4 heterocycles. The van der Waals surface area contributed by atoms with Crippen molar-refractivity contribution in [3.05, 3.63) is 113 Å². The van der Waals surface area contributed by atoms with E-state index in [4.69, 9.17) is 15.0 Å². The summed E-state index contributed by atoms with van der Waals surface area (Å²) in [6, 6.07) is 27.1. The molecular weight excluding hydrogens is 609 g/mol. The summed E-state index contributed by atoms with van der Waals surface area (Å²) in [4.78, 5) is 41.0. The van der Waals surface area contributed by atoms with E-state index in [1.165, 1.54) is 4.90 Å². The average Bonchev–Trinajstić information content (AvgIpc) is 3.64. The van der Waals surface area contributed by atoms with Crippen molar-refractivity contribution in [2.75, 3.05) is 23.3 Å². The van der Waals surface area contributed by atoms with Gasteiger partial charge in [0.25, 0.3) is 11.8 Å². The van der Waals surface area contributed by atoms with Gasteiger partial charge in [0.2, 0.25) is 11.9 Å². The third-order valence-corrected chi connectivity index (χ3v) is 9.34. The molecule has 0 bridgehead atoms. The van der Waals surface area contributed by atoms with E-state index in [0.717, 1.165) is 33.3 Å². The number of aromatic nitrogens is 5. The molecule has 3 N–H and O–H groups in total. The van der Waals surface area contributed by atoms with Crippen LogP contribution in [0, 0.1) is 0 Å². The highest BCUT2D eigenvalue weighted by Gasteiger charge is 2.35. The number of hydrogen-bond donors (Lipinski definition) is 3. The fraction of sp³-hybridized carbons (Fsp3) is 0.200. The van der Waals surface area contributed by atoms with Crippen LogP contribution < -0.4 is 10.6 Å². The van der Waals surface area contributed by atoms with E-state index in [9.17, 15) is 14.7 Å². The van der Waals surface area contributed by atoms with Crippen molar-refractivity contribution in [2.45, 2.75) is 32.0 Å². The van der Waals surface area contributed by atoms with Gasteiger partial charge in [-0.05, 0) is 35.7 Å². The normalized spacial score (nSPS) is 13.5. The Morgan fingerprint density at radius 1 is 0.809 bits per heavy atom. The first-order valence-electron chi connectivity index (χ1n) is 15.4. The summed E-state index contributed by atoms with van der Waals surface area (Å²) in [5, 5.41) is 23.1. The number of aliphatic hydroxyl groups is 1. The predicted octanol–water partition coefficient (Wildman–Crippen LogP) is 4.76. The van der Waals surface area contributed by atoms with E-state index in [1.54, 1.807) is 35.0 Å². The van der Waals surface area contributed by atoms with Crippen LogP contribution >= 0.6 is 0 Å². The third-order valence-electron chi connectivity index (χ3n) is 8.16. The van der Waals surface area contributed by atoms with Crippen LogP contribution in [0.15, 0.2) is 91.1 Å². The van der Waals surface area contributed by atoms with Crippen LogP contribution in [0.2, 0.25) is 0 Å². The van der Waals surface area contributed by atoms with Crippen molar-refractivity contribution in [1.29, 1.82) is 0 Å². The number of hydrogen-bond acceptors (Lipinski definition) is 9. The molecule has 0 spiro atoms. The molecule has 1 atom stereocenters. The summed E-state index contributed by atoms with van der Waals surface area (Å²) >= 11 is 0. The van der Waals surface area contributed by atoms with Gasteiger partial charge in [-0.3, -0.25) is 14.5 Å². The number of carbonyl (C=O) groups is 2. The summed E-state index contributed by atoms with van der Waals surface area (Å²) in [6.07, 6.45) is 1.93. The van der Waals surface area contributed by atoms with Crippen LogP contribution in [0.25, 0.3) is 27.8 Å². The number of carbonyl (C=O) groups excluding carboxylic acids is 2. The molecule has 6 aromatic rings. The second kappa shape index (κ2) is 12.7. The summed E-state index contributed by atoms with van der Waals surface area (Å²) in [6.45, 7) is 4.75. The third kappa shape index (κ3) is 5.96. The maximum absolute atomic E-state index is 12.7. The van der Waals surface area contributed by atoms with E-state index >= 15 is 0 Å². The Balaban J connectivity index is 1.08. The zero-order valence-electron chi connectivity index (χ0n) is 25.9. The lowest BCUT2D eigenvalue weighted by Crippen LogP contribution is -2.39. The Morgan fingerprint density at radius 3 is 2.28 bits per heavy atom. The summed E-state index contributed by atoms with van der Waals surface area (Å²) in [7, 11) is -0.0880. The molecule has 3 aromatic heterocycles. The number of nitrogens with one attached hydrogen (secondary N) is 2. The standard InChI is InChI=1S/C35H32N8O3Si/c1-21(2)27-18-38-43-31(27)40-34(36-19-30(44)47-20-42-32(45)25-12-6-7-13-26(25)33(42)46)41-35(43)37-17-23-10-3-5-11-24(23)29-16-15-22-9-4-8-14-28(22)39-29/h3-16,18,21,30,44H,17,19-20H2,1-2H3,(H2,36,37,40,41)/t30-/m1/s1. The Hall–Kier alpha value is -5.46. The Labute approximate surface area is 273 Å². The van der Waals surface area contributed by atoms with Gasteiger partial charge in [0, 0.05) is 35.8 Å². The monoisotopic (exact) mass is 640 g/mol. The summed E-state index contributed by atoms with van der Waals surface area (Å²) in [5.41, 5.74) is 5.46. The highest BCUT2D eigenvalue weighted by molar-refractivity contribution is 6.39. The lowest BCUT2D eigenvalue weighted by molar-refractivity contribution is 0.0679. The molecule has 47 heavy (non-hydrogen) atoms. The molecule has 12 heteroatoms. The Bertz CT molecular complexity index is 2100. The van der Waals surface area contributed by atoms with Crippen molar-refractivity contribution >= 4 is 49.8 Å².